The van der Waals surface area contributed by atoms with Gasteiger partial charge in [-0.05, 0) is 18.9 Å². The molecular formula is C15H21F3N6O2S. The van der Waals surface area contributed by atoms with Gasteiger partial charge in [-0.25, -0.2) is 4.98 Å². The molecule has 1 saturated heterocycles. The number of nitrogens with zero attached hydrogens (tertiary/aromatic N) is 4. The molecule has 8 nitrogen and oxygen atoms in total. The van der Waals surface area contributed by atoms with Crippen molar-refractivity contribution in [3.8, 4) is 0 Å². The molecule has 0 saturated carbocycles. The average molecular weight is 406 g/mol. The van der Waals surface area contributed by atoms with Crippen LogP contribution >= 0.6 is 0 Å². The molecule has 1 atom stereocenters. The number of hydrogen-bond acceptors (Lipinski definition) is 5. The summed E-state index contributed by atoms with van der Waals surface area (Å²) in [5.41, 5.74) is 4.45. The summed E-state index contributed by atoms with van der Waals surface area (Å²) in [5.74, 6) is -0.226. The second kappa shape index (κ2) is 6.91. The quantitative estimate of drug-likeness (QED) is 0.792. The Morgan fingerprint density at radius 1 is 1.37 bits per heavy atom. The highest BCUT2D eigenvalue weighted by Gasteiger charge is 2.41. The standard InChI is InChI=1S/C15H21F3N6O2S/c1-3-23(4-2)27(25,26)24-7-5-6-11(24)10-8-9(15(16,17)18)12-13(19)21-22-14(12)20-10/h8,11H,3-7H2,1-2H3,(H3,19,20,21,22)/t11-/m1/s1. The van der Waals surface area contributed by atoms with Crippen molar-refractivity contribution in [1.82, 2.24) is 23.8 Å². The van der Waals surface area contributed by atoms with Gasteiger partial charge in [0.15, 0.2) is 5.65 Å². The normalized spacial score (nSPS) is 19.4. The predicted molar refractivity (Wildman–Crippen MR) is 93.8 cm³/mol. The molecule has 0 bridgehead atoms. The van der Waals surface area contributed by atoms with Gasteiger partial charge in [-0.1, -0.05) is 13.8 Å². The monoisotopic (exact) mass is 406 g/mol. The zero-order valence-corrected chi connectivity index (χ0v) is 15.7. The summed E-state index contributed by atoms with van der Waals surface area (Å²) in [7, 11) is -3.80. The molecule has 1 aliphatic rings. The van der Waals surface area contributed by atoms with E-state index in [9.17, 15) is 21.6 Å². The number of aromatic amines is 1. The van der Waals surface area contributed by atoms with Crippen LogP contribution in [0, 0.1) is 0 Å². The third kappa shape index (κ3) is 3.36. The van der Waals surface area contributed by atoms with Crippen LogP contribution in [-0.4, -0.2) is 51.8 Å². The summed E-state index contributed by atoms with van der Waals surface area (Å²) in [6.45, 7) is 4.21. The molecule has 3 heterocycles. The van der Waals surface area contributed by atoms with E-state index in [0.29, 0.717) is 12.8 Å². The van der Waals surface area contributed by atoms with Crippen molar-refractivity contribution >= 4 is 27.1 Å². The van der Waals surface area contributed by atoms with E-state index in [-0.39, 0.29) is 42.2 Å². The van der Waals surface area contributed by atoms with Gasteiger partial charge in [0.1, 0.15) is 5.82 Å². The van der Waals surface area contributed by atoms with Crippen LogP contribution in [0.25, 0.3) is 11.0 Å². The van der Waals surface area contributed by atoms with E-state index in [4.69, 9.17) is 5.73 Å². The molecule has 1 fully saturated rings. The number of nitrogens with one attached hydrogen (secondary N) is 1. The summed E-state index contributed by atoms with van der Waals surface area (Å²) in [4.78, 5) is 4.18. The van der Waals surface area contributed by atoms with Crippen molar-refractivity contribution in [2.24, 2.45) is 0 Å². The number of nitrogen functional groups attached to an aromatic ring is 1. The number of nitrogens with two attached hydrogens (primary N) is 1. The molecule has 0 unspecified atom stereocenters. The van der Waals surface area contributed by atoms with Gasteiger partial charge in [0.05, 0.1) is 22.7 Å². The molecule has 150 valence electrons. The van der Waals surface area contributed by atoms with Crippen LogP contribution in [-0.2, 0) is 16.4 Å². The van der Waals surface area contributed by atoms with Gasteiger partial charge in [-0.15, -0.1) is 0 Å². The van der Waals surface area contributed by atoms with E-state index >= 15 is 0 Å². The minimum absolute atomic E-state index is 0.0227. The zero-order chi connectivity index (χ0) is 20.0. The molecule has 0 aromatic carbocycles. The van der Waals surface area contributed by atoms with Crippen LogP contribution in [0.3, 0.4) is 0 Å². The first-order valence-corrected chi connectivity index (χ1v) is 9.99. The first kappa shape index (κ1) is 19.8. The largest absolute Gasteiger partial charge is 0.417 e. The average Bonchev–Trinajstić information content (AvgIpc) is 3.22. The third-order valence-corrected chi connectivity index (χ3v) is 6.95. The molecule has 0 amide bonds. The molecule has 0 radical (unpaired) electrons. The number of anilines is 1. The molecule has 12 heteroatoms. The Kier molecular flexibility index (Phi) is 5.08. The van der Waals surface area contributed by atoms with Crippen LogP contribution < -0.4 is 5.73 Å². The van der Waals surface area contributed by atoms with E-state index in [2.05, 4.69) is 15.2 Å². The summed E-state index contributed by atoms with van der Waals surface area (Å²) < 4.78 is 68.9. The lowest BCUT2D eigenvalue weighted by Crippen LogP contribution is -2.43. The molecule has 27 heavy (non-hydrogen) atoms. The SMILES string of the molecule is CCN(CC)S(=O)(=O)N1CCC[C@@H]1c1cc(C(F)(F)F)c2c(N)[nH]nc2n1. The molecule has 0 spiro atoms. The number of pyridine rings is 1. The minimum atomic E-state index is -4.67. The van der Waals surface area contributed by atoms with E-state index in [1.165, 1.54) is 8.61 Å². The lowest BCUT2D eigenvalue weighted by atomic mass is 10.1. The molecule has 3 rings (SSSR count). The Morgan fingerprint density at radius 3 is 2.63 bits per heavy atom. The minimum Gasteiger partial charge on any atom is -0.383 e. The summed E-state index contributed by atoms with van der Waals surface area (Å²) in [6, 6.07) is 0.105. The van der Waals surface area contributed by atoms with Gasteiger partial charge in [-0.2, -0.15) is 35.3 Å². The van der Waals surface area contributed by atoms with Crippen LogP contribution in [0.1, 0.15) is 44.0 Å². The van der Waals surface area contributed by atoms with E-state index < -0.39 is 28.0 Å². The van der Waals surface area contributed by atoms with Crippen molar-refractivity contribution in [2.45, 2.75) is 38.9 Å². The van der Waals surface area contributed by atoms with Gasteiger partial charge >= 0.3 is 6.18 Å². The maximum absolute atomic E-state index is 13.5. The van der Waals surface area contributed by atoms with Gasteiger partial charge in [0.25, 0.3) is 10.2 Å². The van der Waals surface area contributed by atoms with Crippen molar-refractivity contribution < 1.29 is 21.6 Å². The Balaban J connectivity index is 2.12. The molecular weight excluding hydrogens is 385 g/mol. The fourth-order valence-electron chi connectivity index (χ4n) is 3.47. The van der Waals surface area contributed by atoms with Crippen LogP contribution in [0.2, 0.25) is 0 Å². The van der Waals surface area contributed by atoms with E-state index in [1.54, 1.807) is 13.8 Å². The van der Waals surface area contributed by atoms with Gasteiger partial charge in [0.2, 0.25) is 0 Å². The summed E-state index contributed by atoms with van der Waals surface area (Å²) >= 11 is 0. The number of alkyl halides is 3. The smallest absolute Gasteiger partial charge is 0.383 e. The van der Waals surface area contributed by atoms with Crippen molar-refractivity contribution in [3.05, 3.63) is 17.3 Å². The lowest BCUT2D eigenvalue weighted by Gasteiger charge is -2.29. The van der Waals surface area contributed by atoms with Gasteiger partial charge < -0.3 is 5.73 Å². The molecule has 3 N–H and O–H groups in total. The summed E-state index contributed by atoms with van der Waals surface area (Å²) in [6.07, 6.45) is -3.75. The fourth-order valence-corrected chi connectivity index (χ4v) is 5.31. The second-order valence-electron chi connectivity index (χ2n) is 6.29. The van der Waals surface area contributed by atoms with Crippen LogP contribution in [0.15, 0.2) is 6.07 Å². The first-order valence-electron chi connectivity index (χ1n) is 8.59. The highest BCUT2D eigenvalue weighted by atomic mass is 32.2. The molecule has 2 aromatic rings. The number of H-pyrrole nitrogens is 1. The van der Waals surface area contributed by atoms with Gasteiger partial charge in [-0.3, -0.25) is 5.10 Å². The Morgan fingerprint density at radius 2 is 2.04 bits per heavy atom. The first-order chi connectivity index (χ1) is 12.6. The second-order valence-corrected chi connectivity index (χ2v) is 8.17. The number of fused-ring (bicyclic) bond motifs is 1. The predicted octanol–water partition coefficient (Wildman–Crippen LogP) is 2.28. The van der Waals surface area contributed by atoms with Crippen LogP contribution in [0.5, 0.6) is 0 Å². The number of halogens is 3. The van der Waals surface area contributed by atoms with Crippen molar-refractivity contribution in [1.29, 1.82) is 0 Å². The molecule has 1 aliphatic heterocycles. The van der Waals surface area contributed by atoms with Crippen molar-refractivity contribution in [2.75, 3.05) is 25.4 Å². The van der Waals surface area contributed by atoms with Crippen LogP contribution in [0.4, 0.5) is 19.0 Å². The number of hydrogen-bond donors (Lipinski definition) is 2. The highest BCUT2D eigenvalue weighted by molar-refractivity contribution is 7.86. The van der Waals surface area contributed by atoms with E-state index in [0.717, 1.165) is 6.07 Å². The maximum Gasteiger partial charge on any atom is 0.417 e. The number of rotatable bonds is 5. The zero-order valence-electron chi connectivity index (χ0n) is 14.9. The molecule has 2 aromatic heterocycles. The Hall–Kier alpha value is -1.92. The summed E-state index contributed by atoms with van der Waals surface area (Å²) in [5, 5.41) is 5.75. The third-order valence-electron chi connectivity index (χ3n) is 4.75. The fraction of sp³-hybridized carbons (Fsp3) is 0.600. The Bertz CT molecular complexity index is 939. The Labute approximate surface area is 154 Å². The highest BCUT2D eigenvalue weighted by Crippen LogP contribution is 2.40. The topological polar surface area (TPSA) is 108 Å². The van der Waals surface area contributed by atoms with E-state index in [1.807, 2.05) is 0 Å². The lowest BCUT2D eigenvalue weighted by molar-refractivity contribution is -0.136. The maximum atomic E-state index is 13.5. The van der Waals surface area contributed by atoms with Gasteiger partial charge in [0, 0.05) is 19.6 Å². The van der Waals surface area contributed by atoms with Crippen molar-refractivity contribution in [3.63, 3.8) is 0 Å². The number of aromatic nitrogens is 3. The molecule has 0 aliphatic carbocycles.